The quantitative estimate of drug-likeness (QED) is 0.762. The van der Waals surface area contributed by atoms with Crippen LogP contribution in [0.4, 0.5) is 5.82 Å². The molecule has 1 aliphatic carbocycles. The molecule has 0 bridgehead atoms. The molecule has 32 heavy (non-hydrogen) atoms. The van der Waals surface area contributed by atoms with E-state index in [0.717, 1.165) is 62.5 Å². The van der Waals surface area contributed by atoms with Crippen LogP contribution >= 0.6 is 0 Å². The third kappa shape index (κ3) is 3.96. The highest BCUT2D eigenvalue weighted by atomic mass is 16.5. The molecule has 6 nitrogen and oxygen atoms in total. The van der Waals surface area contributed by atoms with Gasteiger partial charge >= 0.3 is 0 Å². The van der Waals surface area contributed by atoms with Gasteiger partial charge in [-0.3, -0.25) is 4.99 Å². The number of ether oxygens (including phenoxy) is 2. The van der Waals surface area contributed by atoms with Crippen molar-refractivity contribution in [2.45, 2.75) is 57.1 Å². The van der Waals surface area contributed by atoms with Crippen molar-refractivity contribution in [3.8, 4) is 11.5 Å². The second kappa shape index (κ2) is 9.10. The summed E-state index contributed by atoms with van der Waals surface area (Å²) >= 11 is 0. The zero-order chi connectivity index (χ0) is 22.1. The maximum Gasteiger partial charge on any atom is 0.161 e. The third-order valence-corrected chi connectivity index (χ3v) is 7.18. The Morgan fingerprint density at radius 1 is 1.16 bits per heavy atom. The Hall–Kier alpha value is -2.60. The lowest BCUT2D eigenvalue weighted by molar-refractivity contribution is 0.110. The maximum atomic E-state index is 10.4. The van der Waals surface area contributed by atoms with Crippen LogP contribution in [0.2, 0.25) is 0 Å². The summed E-state index contributed by atoms with van der Waals surface area (Å²) in [6.07, 6.45) is 6.37. The fraction of sp³-hybridized carbons (Fsp3) is 0.538. The second-order valence-corrected chi connectivity index (χ2v) is 9.15. The van der Waals surface area contributed by atoms with Gasteiger partial charge in [-0.15, -0.1) is 0 Å². The van der Waals surface area contributed by atoms with Crippen molar-refractivity contribution < 1.29 is 14.6 Å². The number of methoxy groups -OCH3 is 1. The fourth-order valence-corrected chi connectivity index (χ4v) is 5.68. The first-order chi connectivity index (χ1) is 15.7. The zero-order valence-corrected chi connectivity index (χ0v) is 19.0. The maximum absolute atomic E-state index is 10.4. The topological polar surface area (TPSA) is 67.2 Å². The molecule has 0 radical (unpaired) electrons. The van der Waals surface area contributed by atoms with Gasteiger partial charge in [0.1, 0.15) is 5.82 Å². The molecule has 170 valence electrons. The van der Waals surface area contributed by atoms with E-state index >= 15 is 0 Å². The van der Waals surface area contributed by atoms with Crippen molar-refractivity contribution in [3.05, 3.63) is 47.7 Å². The van der Waals surface area contributed by atoms with E-state index in [9.17, 15) is 5.11 Å². The van der Waals surface area contributed by atoms with E-state index in [-0.39, 0.29) is 18.1 Å². The third-order valence-electron chi connectivity index (χ3n) is 7.18. The molecule has 6 heteroatoms. The van der Waals surface area contributed by atoms with Crippen molar-refractivity contribution in [3.63, 3.8) is 0 Å². The van der Waals surface area contributed by atoms with Crippen LogP contribution in [0, 0.1) is 5.92 Å². The molecule has 2 aromatic rings. The van der Waals surface area contributed by atoms with Crippen LogP contribution in [0.5, 0.6) is 11.5 Å². The van der Waals surface area contributed by atoms with Gasteiger partial charge in [-0.1, -0.05) is 6.07 Å². The number of aliphatic hydroxyl groups is 1. The monoisotopic (exact) mass is 435 g/mol. The number of fused-ring (bicyclic) bond motifs is 3. The molecule has 2 aliphatic heterocycles. The molecule has 1 saturated carbocycles. The molecule has 1 saturated heterocycles. The van der Waals surface area contributed by atoms with Gasteiger partial charge < -0.3 is 19.5 Å². The smallest absolute Gasteiger partial charge is 0.161 e. The van der Waals surface area contributed by atoms with Crippen LogP contribution in [0.15, 0.2) is 41.5 Å². The van der Waals surface area contributed by atoms with E-state index < -0.39 is 0 Å². The number of aliphatic hydroxyl groups excluding tert-OH is 1. The summed E-state index contributed by atoms with van der Waals surface area (Å²) in [6.45, 7) is 4.53. The summed E-state index contributed by atoms with van der Waals surface area (Å²) in [5, 5.41) is 10.4. The summed E-state index contributed by atoms with van der Waals surface area (Å²) in [5.74, 6) is 3.16. The lowest BCUT2D eigenvalue weighted by Crippen LogP contribution is -2.42. The Kier molecular flexibility index (Phi) is 6.05. The lowest BCUT2D eigenvalue weighted by Gasteiger charge is -2.41. The minimum absolute atomic E-state index is 0.231. The molecule has 1 aromatic heterocycles. The molecule has 4 atom stereocenters. The Morgan fingerprint density at radius 2 is 2.06 bits per heavy atom. The molecule has 1 N–H and O–H groups in total. The number of nitrogens with zero attached hydrogens (tertiary/aromatic N) is 3. The van der Waals surface area contributed by atoms with Gasteiger partial charge in [0.05, 0.1) is 25.9 Å². The summed E-state index contributed by atoms with van der Waals surface area (Å²) in [7, 11) is 1.69. The van der Waals surface area contributed by atoms with Gasteiger partial charge in [-0.2, -0.15) is 0 Å². The number of rotatable bonds is 5. The van der Waals surface area contributed by atoms with Crippen molar-refractivity contribution in [1.29, 1.82) is 0 Å². The number of pyridine rings is 1. The predicted octanol–water partition coefficient (Wildman–Crippen LogP) is 4.21. The number of anilines is 1. The van der Waals surface area contributed by atoms with Crippen molar-refractivity contribution in [2.75, 3.05) is 31.7 Å². The van der Waals surface area contributed by atoms with Gasteiger partial charge in [0.15, 0.2) is 11.5 Å². The number of hydrogen-bond acceptors (Lipinski definition) is 6. The van der Waals surface area contributed by atoms with E-state index in [1.54, 1.807) is 7.11 Å². The SMILES string of the molecule is CCOc1cc2c(cc1OC)C(C1CCCN(c3ccccn3)C1)=N[C@@H]1CC[C@@H](O)C[C@H]21. The van der Waals surface area contributed by atoms with Gasteiger partial charge in [0.2, 0.25) is 0 Å². The molecular formula is C26H33N3O3. The predicted molar refractivity (Wildman–Crippen MR) is 126 cm³/mol. The van der Waals surface area contributed by atoms with Crippen molar-refractivity contribution in [2.24, 2.45) is 10.9 Å². The van der Waals surface area contributed by atoms with E-state index in [1.165, 1.54) is 16.8 Å². The van der Waals surface area contributed by atoms with Crippen molar-refractivity contribution >= 4 is 11.5 Å². The molecule has 1 aromatic carbocycles. The Bertz CT molecular complexity index is 978. The molecule has 0 amide bonds. The number of hydrogen-bond donors (Lipinski definition) is 1. The van der Waals surface area contributed by atoms with Crippen LogP contribution in [-0.2, 0) is 0 Å². The van der Waals surface area contributed by atoms with Gasteiger partial charge in [0, 0.05) is 42.4 Å². The van der Waals surface area contributed by atoms with Crippen molar-refractivity contribution in [1.82, 2.24) is 4.98 Å². The van der Waals surface area contributed by atoms with Crippen LogP contribution < -0.4 is 14.4 Å². The minimum Gasteiger partial charge on any atom is -0.493 e. The summed E-state index contributed by atoms with van der Waals surface area (Å²) in [6, 6.07) is 10.6. The van der Waals surface area contributed by atoms with Gasteiger partial charge in [-0.05, 0) is 68.9 Å². The van der Waals surface area contributed by atoms with E-state index in [1.807, 2.05) is 19.2 Å². The number of aromatic nitrogens is 1. The second-order valence-electron chi connectivity index (χ2n) is 9.15. The Morgan fingerprint density at radius 3 is 2.84 bits per heavy atom. The Labute approximate surface area is 190 Å². The highest BCUT2D eigenvalue weighted by Gasteiger charge is 2.39. The highest BCUT2D eigenvalue weighted by Crippen LogP contribution is 2.45. The first-order valence-corrected chi connectivity index (χ1v) is 11.9. The molecule has 0 spiro atoms. The normalized spacial score (nSPS) is 27.2. The highest BCUT2D eigenvalue weighted by molar-refractivity contribution is 6.05. The lowest BCUT2D eigenvalue weighted by atomic mass is 9.72. The first kappa shape index (κ1) is 21.3. The standard InChI is InChI=1S/C26H33N3O3/c1-3-32-24-14-19-20-13-18(30)9-10-22(20)28-26(21(19)15-23(24)31-2)17-7-6-12-29(16-17)25-8-4-5-11-27-25/h4-5,8,11,14-15,17-18,20,22,30H,3,6-7,9-10,12-13,16H2,1-2H3/t17?,18-,20-,22-/m1/s1. The molecule has 3 aliphatic rings. The first-order valence-electron chi connectivity index (χ1n) is 11.9. The molecule has 5 rings (SSSR count). The summed E-state index contributed by atoms with van der Waals surface area (Å²) in [4.78, 5) is 12.3. The molecule has 2 fully saturated rings. The van der Waals surface area contributed by atoms with Crippen LogP contribution in [0.3, 0.4) is 0 Å². The Balaban J connectivity index is 1.54. The number of aliphatic imine (C=N–C) groups is 1. The van der Waals surface area contributed by atoms with Crippen LogP contribution in [-0.4, -0.2) is 54.8 Å². The average Bonchev–Trinajstić information content (AvgIpc) is 2.84. The molecule has 1 unspecified atom stereocenters. The molecular weight excluding hydrogens is 402 g/mol. The van der Waals surface area contributed by atoms with Crippen LogP contribution in [0.1, 0.15) is 56.1 Å². The van der Waals surface area contributed by atoms with Gasteiger partial charge in [-0.25, -0.2) is 4.98 Å². The van der Waals surface area contributed by atoms with Gasteiger partial charge in [0.25, 0.3) is 0 Å². The van der Waals surface area contributed by atoms with Crippen LogP contribution in [0.25, 0.3) is 0 Å². The van der Waals surface area contributed by atoms with E-state index in [0.29, 0.717) is 12.5 Å². The zero-order valence-electron chi connectivity index (χ0n) is 19.0. The van der Waals surface area contributed by atoms with E-state index in [4.69, 9.17) is 14.5 Å². The van der Waals surface area contributed by atoms with E-state index in [2.05, 4.69) is 34.1 Å². The largest absolute Gasteiger partial charge is 0.493 e. The molecule has 3 heterocycles. The fourth-order valence-electron chi connectivity index (χ4n) is 5.68. The number of benzene rings is 1. The average molecular weight is 436 g/mol. The number of piperidine rings is 1. The summed E-state index contributed by atoms with van der Waals surface area (Å²) < 4.78 is 11.6. The summed E-state index contributed by atoms with van der Waals surface area (Å²) in [5.41, 5.74) is 3.63. The minimum atomic E-state index is -0.257.